The lowest BCUT2D eigenvalue weighted by atomic mass is 9.99. The fourth-order valence-electron chi connectivity index (χ4n) is 6.73. The van der Waals surface area contributed by atoms with Gasteiger partial charge in [0, 0.05) is 19.1 Å². The Hall–Kier alpha value is -4.45. The van der Waals surface area contributed by atoms with Gasteiger partial charge >= 0.3 is 5.97 Å². The van der Waals surface area contributed by atoms with Crippen LogP contribution in [0.15, 0.2) is 84.9 Å². The standard InChI is InChI=1S/C46H54O10/c1-33-44-26-38(55-46(47)35-12-16-37(17-13-35)51-25-9-5-3-7-23-49-30-41-32-53-41)18-20-42(44)43-21-19-39(27-45(33)43)56-54-28-34-10-14-36(15-11-34)50-24-8-4-2-6-22-48-29-40-31-52-40/h10-21,26-27,33,40-41H,2-9,22-25,28-32H2,1H3. The van der Waals surface area contributed by atoms with Gasteiger partial charge in [-0.15, -0.1) is 0 Å². The summed E-state index contributed by atoms with van der Waals surface area (Å²) in [6.45, 7) is 8.51. The maximum atomic E-state index is 13.0. The number of unbranched alkanes of at least 4 members (excludes halogenated alkanes) is 6. The maximum Gasteiger partial charge on any atom is 0.343 e. The molecular formula is C46H54O10. The van der Waals surface area contributed by atoms with Gasteiger partial charge in [0.05, 0.1) is 45.2 Å². The Bertz CT molecular complexity index is 1820. The first-order valence-electron chi connectivity index (χ1n) is 20.2. The molecule has 4 aromatic rings. The van der Waals surface area contributed by atoms with E-state index in [9.17, 15) is 4.79 Å². The molecule has 0 N–H and O–H groups in total. The van der Waals surface area contributed by atoms with Crippen molar-refractivity contribution in [2.45, 2.75) is 83.0 Å². The minimum absolute atomic E-state index is 0.0865. The first-order chi connectivity index (χ1) is 27.6. The zero-order valence-electron chi connectivity index (χ0n) is 32.4. The summed E-state index contributed by atoms with van der Waals surface area (Å²) >= 11 is 0. The number of hydrogen-bond donors (Lipinski definition) is 0. The number of carbonyl (C=O) groups excluding carboxylic acids is 1. The van der Waals surface area contributed by atoms with E-state index in [1.54, 1.807) is 12.1 Å². The van der Waals surface area contributed by atoms with Gasteiger partial charge in [-0.2, -0.15) is 4.89 Å². The van der Waals surface area contributed by atoms with Gasteiger partial charge < -0.3 is 38.0 Å². The van der Waals surface area contributed by atoms with Gasteiger partial charge in [0.15, 0.2) is 5.75 Å². The van der Waals surface area contributed by atoms with Gasteiger partial charge in [-0.1, -0.05) is 44.0 Å². The molecule has 3 aliphatic rings. The first-order valence-corrected chi connectivity index (χ1v) is 20.2. The number of benzene rings is 4. The average molecular weight is 767 g/mol. The largest absolute Gasteiger partial charge is 0.494 e. The SMILES string of the molecule is CC1c2cc(OOCc3ccc(OCCCCCCOCC4CO4)cc3)ccc2-c2ccc(OC(=O)c3ccc(OCCCCCCOCC4CO4)cc3)cc21. The number of carbonyl (C=O) groups is 1. The number of rotatable bonds is 26. The van der Waals surface area contributed by atoms with Crippen molar-refractivity contribution < 1.29 is 47.7 Å². The molecule has 3 unspecified atom stereocenters. The molecule has 4 aromatic carbocycles. The van der Waals surface area contributed by atoms with E-state index in [1.807, 2.05) is 66.7 Å². The van der Waals surface area contributed by atoms with E-state index in [0.717, 1.165) is 124 Å². The Balaban J connectivity index is 0.789. The van der Waals surface area contributed by atoms with Gasteiger partial charge in [0.25, 0.3) is 0 Å². The van der Waals surface area contributed by atoms with Crippen LogP contribution in [0.2, 0.25) is 0 Å². The highest BCUT2D eigenvalue weighted by molar-refractivity contribution is 5.91. The number of epoxide rings is 2. The second kappa shape index (κ2) is 20.6. The van der Waals surface area contributed by atoms with E-state index >= 15 is 0 Å². The van der Waals surface area contributed by atoms with Crippen molar-refractivity contribution in [3.05, 3.63) is 107 Å². The minimum Gasteiger partial charge on any atom is -0.494 e. The highest BCUT2D eigenvalue weighted by Gasteiger charge is 2.27. The second-order valence-corrected chi connectivity index (χ2v) is 14.7. The van der Waals surface area contributed by atoms with Crippen LogP contribution in [-0.2, 0) is 30.4 Å². The molecule has 2 saturated heterocycles. The summed E-state index contributed by atoms with van der Waals surface area (Å²) in [7, 11) is 0. The van der Waals surface area contributed by atoms with Crippen LogP contribution in [0.3, 0.4) is 0 Å². The molecule has 0 saturated carbocycles. The molecule has 7 rings (SSSR count). The van der Waals surface area contributed by atoms with Gasteiger partial charge in [-0.25, -0.2) is 4.79 Å². The lowest BCUT2D eigenvalue weighted by Gasteiger charge is -2.11. The minimum atomic E-state index is -0.409. The fourth-order valence-corrected chi connectivity index (χ4v) is 6.73. The van der Waals surface area contributed by atoms with E-state index in [1.165, 1.54) is 0 Å². The van der Waals surface area contributed by atoms with Crippen LogP contribution >= 0.6 is 0 Å². The van der Waals surface area contributed by atoms with Crippen LogP contribution in [0.25, 0.3) is 11.1 Å². The smallest absolute Gasteiger partial charge is 0.343 e. The molecule has 1 aliphatic carbocycles. The molecule has 0 spiro atoms. The molecular weight excluding hydrogens is 712 g/mol. The Morgan fingerprint density at radius 3 is 1.62 bits per heavy atom. The van der Waals surface area contributed by atoms with E-state index in [-0.39, 0.29) is 5.92 Å². The van der Waals surface area contributed by atoms with E-state index < -0.39 is 5.97 Å². The summed E-state index contributed by atoms with van der Waals surface area (Å²) in [5.41, 5.74) is 5.93. The summed E-state index contributed by atoms with van der Waals surface area (Å²) in [6, 6.07) is 26.8. The van der Waals surface area contributed by atoms with Gasteiger partial charge in [0.1, 0.15) is 36.1 Å². The lowest BCUT2D eigenvalue weighted by Crippen LogP contribution is -2.09. The third-order valence-electron chi connectivity index (χ3n) is 10.2. The van der Waals surface area contributed by atoms with Crippen LogP contribution in [0.4, 0.5) is 0 Å². The number of hydrogen-bond acceptors (Lipinski definition) is 10. The molecule has 10 heteroatoms. The summed E-state index contributed by atoms with van der Waals surface area (Å²) in [4.78, 5) is 24.4. The van der Waals surface area contributed by atoms with Crippen LogP contribution in [0.5, 0.6) is 23.0 Å². The van der Waals surface area contributed by atoms with E-state index in [4.69, 9.17) is 42.9 Å². The van der Waals surface area contributed by atoms with Crippen LogP contribution < -0.4 is 19.1 Å². The summed E-state index contributed by atoms with van der Waals surface area (Å²) in [5.74, 6) is 2.40. The summed E-state index contributed by atoms with van der Waals surface area (Å²) in [5, 5.41) is 0. The Labute approximate surface area is 330 Å². The Morgan fingerprint density at radius 2 is 1.07 bits per heavy atom. The summed E-state index contributed by atoms with van der Waals surface area (Å²) < 4.78 is 39.0. The molecule has 298 valence electrons. The molecule has 2 heterocycles. The molecule has 2 fully saturated rings. The van der Waals surface area contributed by atoms with Crippen LogP contribution in [0, 0.1) is 0 Å². The third kappa shape index (κ3) is 12.3. The van der Waals surface area contributed by atoms with Crippen molar-refractivity contribution in [1.82, 2.24) is 0 Å². The quantitative estimate of drug-likeness (QED) is 0.0153. The van der Waals surface area contributed by atoms with Crippen molar-refractivity contribution in [1.29, 1.82) is 0 Å². The van der Waals surface area contributed by atoms with Crippen molar-refractivity contribution in [3.8, 4) is 34.1 Å². The van der Waals surface area contributed by atoms with Crippen molar-refractivity contribution in [3.63, 3.8) is 0 Å². The lowest BCUT2D eigenvalue weighted by molar-refractivity contribution is -0.217. The third-order valence-corrected chi connectivity index (χ3v) is 10.2. The van der Waals surface area contributed by atoms with E-state index in [2.05, 4.69) is 13.0 Å². The Kier molecular flexibility index (Phi) is 14.7. The second-order valence-electron chi connectivity index (χ2n) is 14.7. The molecule has 56 heavy (non-hydrogen) atoms. The molecule has 0 radical (unpaired) electrons. The highest BCUT2D eigenvalue weighted by Crippen LogP contribution is 2.47. The molecule has 0 amide bonds. The topological polar surface area (TPSA) is 107 Å². The normalized spacial score (nSPS) is 17.6. The van der Waals surface area contributed by atoms with Crippen molar-refractivity contribution >= 4 is 5.97 Å². The monoisotopic (exact) mass is 766 g/mol. The van der Waals surface area contributed by atoms with Gasteiger partial charge in [-0.05, 0) is 127 Å². The maximum absolute atomic E-state index is 13.0. The molecule has 3 atom stereocenters. The average Bonchev–Trinajstić information content (AvgIpc) is 4.17. The zero-order chi connectivity index (χ0) is 38.4. The van der Waals surface area contributed by atoms with Gasteiger partial charge in [-0.3, -0.25) is 0 Å². The fraction of sp³-hybridized carbons (Fsp3) is 0.457. The molecule has 2 aliphatic heterocycles. The molecule has 10 nitrogen and oxygen atoms in total. The highest BCUT2D eigenvalue weighted by atomic mass is 17.2. The van der Waals surface area contributed by atoms with Gasteiger partial charge in [0.2, 0.25) is 0 Å². The molecule has 0 bridgehead atoms. The number of ether oxygens (including phenoxy) is 7. The van der Waals surface area contributed by atoms with Crippen molar-refractivity contribution in [2.75, 3.05) is 52.9 Å². The van der Waals surface area contributed by atoms with Crippen molar-refractivity contribution in [2.24, 2.45) is 0 Å². The summed E-state index contributed by atoms with van der Waals surface area (Å²) in [6.07, 6.45) is 9.25. The first kappa shape index (κ1) is 39.8. The van der Waals surface area contributed by atoms with Crippen LogP contribution in [0.1, 0.15) is 91.3 Å². The van der Waals surface area contributed by atoms with Crippen LogP contribution in [-0.4, -0.2) is 71.0 Å². The predicted molar refractivity (Wildman–Crippen MR) is 212 cm³/mol. The number of fused-ring (bicyclic) bond motifs is 3. The number of esters is 1. The predicted octanol–water partition coefficient (Wildman–Crippen LogP) is 9.26. The zero-order valence-corrected chi connectivity index (χ0v) is 32.4. The molecule has 0 aromatic heterocycles. The van der Waals surface area contributed by atoms with E-state index in [0.29, 0.717) is 55.7 Å². The Morgan fingerprint density at radius 1 is 0.589 bits per heavy atom.